The van der Waals surface area contributed by atoms with Crippen molar-refractivity contribution in [2.24, 2.45) is 16.7 Å². The molecule has 0 spiro atoms. The molecule has 0 aromatic rings. The lowest BCUT2D eigenvalue weighted by atomic mass is 9.70. The molecule has 2 saturated carbocycles. The number of Topliss-reactive ketones (excluding diaryl/α,β-unsaturated/α-hetero) is 1. The van der Waals surface area contributed by atoms with Gasteiger partial charge < -0.3 is 5.11 Å². The van der Waals surface area contributed by atoms with Gasteiger partial charge in [-0.25, -0.2) is 0 Å². The molecule has 2 aliphatic carbocycles. The molecule has 2 bridgehead atoms. The van der Waals surface area contributed by atoms with Gasteiger partial charge in [0, 0.05) is 11.8 Å². The van der Waals surface area contributed by atoms with Crippen molar-refractivity contribution in [2.45, 2.75) is 40.0 Å². The number of hydrogen-bond acceptors (Lipinski definition) is 2. The van der Waals surface area contributed by atoms with Crippen LogP contribution in [0.15, 0.2) is 0 Å². The Labute approximate surface area is 85.9 Å². The molecule has 2 unspecified atom stereocenters. The van der Waals surface area contributed by atoms with Crippen LogP contribution in [0.4, 0.5) is 0 Å². The van der Waals surface area contributed by atoms with Gasteiger partial charge in [0.05, 0.1) is 0 Å². The average molecular weight is 199 g/mol. The highest BCUT2D eigenvalue weighted by Gasteiger charge is 2.61. The smallest absolute Gasteiger partial charge is 0.290 e. The predicted molar refractivity (Wildman–Crippen MR) is 52.9 cm³/mol. The highest BCUT2D eigenvalue weighted by atomic mass is 16.3. The standard InChI is InChI=1S/C10H16O.CH2O2/c1-9(2)7-4-5-10(9,3)8(11)6-7;2-1-3/h7H,4-6H2,1-3H3;1H,(H,2,3)/i;1D. The van der Waals surface area contributed by atoms with E-state index in [9.17, 15) is 4.79 Å². The maximum absolute atomic E-state index is 11.6. The minimum atomic E-state index is -1.58. The zero-order chi connectivity index (χ0) is 11.9. The van der Waals surface area contributed by atoms with Crippen molar-refractivity contribution in [1.82, 2.24) is 0 Å². The number of fused-ring (bicyclic) bond motifs is 2. The fourth-order valence-electron chi connectivity index (χ4n) is 2.90. The Bertz CT molecular complexity index is 294. The molecule has 0 heterocycles. The molecule has 2 rings (SSSR count). The Morgan fingerprint density at radius 1 is 1.57 bits per heavy atom. The van der Waals surface area contributed by atoms with Gasteiger partial charge in [0.1, 0.15) is 5.78 Å². The van der Waals surface area contributed by atoms with E-state index in [0.29, 0.717) is 11.7 Å². The Balaban J connectivity index is 0.000000245. The zero-order valence-electron chi connectivity index (χ0n) is 9.96. The van der Waals surface area contributed by atoms with Gasteiger partial charge in [-0.15, -0.1) is 0 Å². The van der Waals surface area contributed by atoms with E-state index in [1.54, 1.807) is 0 Å². The van der Waals surface area contributed by atoms with Crippen molar-refractivity contribution in [3.63, 3.8) is 0 Å². The van der Waals surface area contributed by atoms with Crippen LogP contribution in [0.5, 0.6) is 0 Å². The van der Waals surface area contributed by atoms with Gasteiger partial charge in [-0.2, -0.15) is 0 Å². The molecule has 14 heavy (non-hydrogen) atoms. The van der Waals surface area contributed by atoms with Gasteiger partial charge in [0.15, 0.2) is 1.37 Å². The van der Waals surface area contributed by atoms with Crippen molar-refractivity contribution >= 4 is 12.2 Å². The molecule has 2 atom stereocenters. The van der Waals surface area contributed by atoms with Gasteiger partial charge in [-0.3, -0.25) is 9.59 Å². The van der Waals surface area contributed by atoms with E-state index >= 15 is 0 Å². The van der Waals surface area contributed by atoms with Crippen LogP contribution in [0.25, 0.3) is 0 Å². The van der Waals surface area contributed by atoms with Crippen LogP contribution in [0.2, 0.25) is 0 Å². The van der Waals surface area contributed by atoms with Crippen molar-refractivity contribution in [1.29, 1.82) is 0 Å². The van der Waals surface area contributed by atoms with Gasteiger partial charge in [0.25, 0.3) is 6.45 Å². The maximum atomic E-state index is 11.6. The average Bonchev–Trinajstić information content (AvgIpc) is 2.36. The molecule has 0 aliphatic heterocycles. The van der Waals surface area contributed by atoms with E-state index in [0.717, 1.165) is 12.8 Å². The number of rotatable bonds is 0. The van der Waals surface area contributed by atoms with Crippen molar-refractivity contribution in [2.75, 3.05) is 0 Å². The second-order valence-electron chi connectivity index (χ2n) is 5.01. The fourth-order valence-corrected chi connectivity index (χ4v) is 2.90. The fraction of sp³-hybridized carbons (Fsp3) is 0.818. The summed E-state index contributed by atoms with van der Waals surface area (Å²) in [5.41, 5.74) is 0.307. The van der Waals surface area contributed by atoms with Crippen molar-refractivity contribution in [3.05, 3.63) is 0 Å². The summed E-state index contributed by atoms with van der Waals surface area (Å²) in [6.07, 6.45) is 1.67. The third-order valence-corrected chi connectivity index (χ3v) is 4.48. The molecule has 0 radical (unpaired) electrons. The Kier molecular flexibility index (Phi) is 2.33. The summed E-state index contributed by atoms with van der Waals surface area (Å²) in [4.78, 5) is 20.2. The summed E-state index contributed by atoms with van der Waals surface area (Å²) < 4.78 is 5.50. The highest BCUT2D eigenvalue weighted by molar-refractivity contribution is 5.89. The first-order chi connectivity index (χ1) is 6.72. The van der Waals surface area contributed by atoms with Crippen LogP contribution < -0.4 is 0 Å². The first kappa shape index (κ1) is 9.69. The quantitative estimate of drug-likeness (QED) is 0.608. The summed E-state index contributed by atoms with van der Waals surface area (Å²) >= 11 is 0. The summed E-state index contributed by atoms with van der Waals surface area (Å²) in [6.45, 7) is 6.67. The summed E-state index contributed by atoms with van der Waals surface area (Å²) in [5, 5.41) is 7.08. The molecular weight excluding hydrogens is 180 g/mol. The zero-order valence-corrected chi connectivity index (χ0v) is 8.96. The minimum absolute atomic E-state index is 0.0255. The van der Waals surface area contributed by atoms with E-state index in [1.807, 2.05) is 0 Å². The van der Waals surface area contributed by atoms with Crippen LogP contribution in [-0.4, -0.2) is 17.3 Å². The van der Waals surface area contributed by atoms with Gasteiger partial charge in [0.2, 0.25) is 0 Å². The molecule has 2 aliphatic rings. The van der Waals surface area contributed by atoms with Crippen LogP contribution in [0.1, 0.15) is 41.4 Å². The molecule has 0 aromatic heterocycles. The van der Waals surface area contributed by atoms with Crippen LogP contribution in [0, 0.1) is 16.7 Å². The lowest BCUT2D eigenvalue weighted by Gasteiger charge is -2.32. The summed E-state index contributed by atoms with van der Waals surface area (Å²) in [6, 6.07) is 0. The predicted octanol–water partition coefficient (Wildman–Crippen LogP) is 2.10. The third-order valence-electron chi connectivity index (χ3n) is 4.48. The van der Waals surface area contributed by atoms with Crippen molar-refractivity contribution in [3.8, 4) is 0 Å². The van der Waals surface area contributed by atoms with Crippen LogP contribution in [-0.2, 0) is 9.59 Å². The summed E-state index contributed by atoms with van der Waals surface area (Å²) in [5.74, 6) is 1.19. The topological polar surface area (TPSA) is 54.4 Å². The Morgan fingerprint density at radius 3 is 2.21 bits per heavy atom. The Morgan fingerprint density at radius 2 is 2.07 bits per heavy atom. The largest absolute Gasteiger partial charge is 0.483 e. The number of carboxylic acid groups (broad SMARTS) is 1. The third kappa shape index (κ3) is 1.26. The molecule has 0 saturated heterocycles. The molecule has 3 nitrogen and oxygen atoms in total. The maximum Gasteiger partial charge on any atom is 0.290 e. The van der Waals surface area contributed by atoms with Gasteiger partial charge in [-0.05, 0) is 24.2 Å². The van der Waals surface area contributed by atoms with E-state index < -0.39 is 6.45 Å². The second-order valence-corrected chi connectivity index (χ2v) is 5.01. The van der Waals surface area contributed by atoms with Crippen LogP contribution in [0.3, 0.4) is 0 Å². The first-order valence-corrected chi connectivity index (χ1v) is 4.94. The summed E-state index contributed by atoms with van der Waals surface area (Å²) in [7, 11) is 0. The molecule has 1 N–H and O–H groups in total. The number of hydrogen-bond donors (Lipinski definition) is 1. The van der Waals surface area contributed by atoms with Gasteiger partial charge >= 0.3 is 0 Å². The molecule has 0 aromatic carbocycles. The van der Waals surface area contributed by atoms with Crippen molar-refractivity contribution < 1.29 is 16.1 Å². The lowest BCUT2D eigenvalue weighted by molar-refractivity contribution is -0.128. The normalized spacial score (nSPS) is 38.6. The molecule has 3 heteroatoms. The number of ketones is 1. The highest BCUT2D eigenvalue weighted by Crippen LogP contribution is 2.63. The molecule has 0 amide bonds. The monoisotopic (exact) mass is 199 g/mol. The van der Waals surface area contributed by atoms with E-state index in [1.165, 1.54) is 6.42 Å². The molecular formula is C11H18O3. The second kappa shape index (κ2) is 3.37. The van der Waals surface area contributed by atoms with Crippen LogP contribution >= 0.6 is 0 Å². The minimum Gasteiger partial charge on any atom is -0.483 e. The van der Waals surface area contributed by atoms with E-state index in [-0.39, 0.29) is 10.8 Å². The Hall–Kier alpha value is -0.860. The van der Waals surface area contributed by atoms with E-state index in [4.69, 9.17) is 11.3 Å². The SMILES string of the molecule is CC12CCC(CC1=O)C2(C)C.[2H]C(=O)O. The lowest BCUT2D eigenvalue weighted by Crippen LogP contribution is -2.32. The first-order valence-electron chi connectivity index (χ1n) is 5.44. The van der Waals surface area contributed by atoms with E-state index in [2.05, 4.69) is 20.8 Å². The number of carbonyl (C=O) groups excluding carboxylic acids is 1. The molecule has 2 fully saturated rings. The molecule has 80 valence electrons. The van der Waals surface area contributed by atoms with Gasteiger partial charge in [-0.1, -0.05) is 20.8 Å². The number of carbonyl (C=O) groups is 2.